The summed E-state index contributed by atoms with van der Waals surface area (Å²) in [6.07, 6.45) is 0.316. The van der Waals surface area contributed by atoms with Crippen molar-refractivity contribution in [2.45, 2.75) is 6.42 Å². The van der Waals surface area contributed by atoms with E-state index in [0.717, 1.165) is 4.47 Å². The summed E-state index contributed by atoms with van der Waals surface area (Å²) >= 11 is 9.23. The minimum absolute atomic E-state index is 0.173. The maximum absolute atomic E-state index is 11.9. The minimum Gasteiger partial charge on any atom is -0.341 e. The summed E-state index contributed by atoms with van der Waals surface area (Å²) in [5.74, 6) is -0.173. The number of carbonyl (C=O) groups excluding carboxylic acids is 1. The predicted molar refractivity (Wildman–Crippen MR) is 66.3 cm³/mol. The second-order valence-corrected chi connectivity index (χ2v) is 4.58. The summed E-state index contributed by atoms with van der Waals surface area (Å²) in [7, 11) is 1.65. The number of nitrogens with zero attached hydrogens (tertiary/aromatic N) is 2. The molecule has 3 nitrogen and oxygen atoms in total. The van der Waals surface area contributed by atoms with Crippen molar-refractivity contribution in [1.82, 2.24) is 4.90 Å². The van der Waals surface area contributed by atoms with Crippen LogP contribution in [0.3, 0.4) is 0 Å². The van der Waals surface area contributed by atoms with E-state index in [-0.39, 0.29) is 5.91 Å². The highest BCUT2D eigenvalue weighted by Crippen LogP contribution is 2.22. The highest BCUT2D eigenvalue weighted by molar-refractivity contribution is 9.10. The van der Waals surface area contributed by atoms with Gasteiger partial charge in [0.05, 0.1) is 23.1 Å². The first-order chi connectivity index (χ1) is 7.56. The fraction of sp³-hybridized carbons (Fsp3) is 0.273. The topological polar surface area (TPSA) is 44.1 Å². The standard InChI is InChI=1S/C11H10BrClN2O/c1-15(6-2-5-14)11(16)9-4-3-8(12)7-10(9)13/h3-4,7H,2,6H2,1H3. The molecule has 0 saturated heterocycles. The van der Waals surface area contributed by atoms with Crippen LogP contribution in [-0.4, -0.2) is 24.4 Å². The van der Waals surface area contributed by atoms with Crippen LogP contribution < -0.4 is 0 Å². The highest BCUT2D eigenvalue weighted by atomic mass is 79.9. The third kappa shape index (κ3) is 3.22. The molecule has 0 fully saturated rings. The van der Waals surface area contributed by atoms with Crippen molar-refractivity contribution in [2.24, 2.45) is 0 Å². The zero-order chi connectivity index (χ0) is 12.1. The van der Waals surface area contributed by atoms with Gasteiger partial charge < -0.3 is 4.90 Å². The molecule has 0 atom stereocenters. The van der Waals surface area contributed by atoms with Gasteiger partial charge >= 0.3 is 0 Å². The van der Waals surface area contributed by atoms with Crippen LogP contribution >= 0.6 is 27.5 Å². The molecule has 0 unspecified atom stereocenters. The zero-order valence-electron chi connectivity index (χ0n) is 8.70. The number of hydrogen-bond donors (Lipinski definition) is 0. The number of rotatable bonds is 3. The first-order valence-corrected chi connectivity index (χ1v) is 5.81. The molecule has 0 bridgehead atoms. The van der Waals surface area contributed by atoms with Crippen LogP contribution in [-0.2, 0) is 0 Å². The Kier molecular flexibility index (Phi) is 4.78. The molecule has 5 heteroatoms. The first kappa shape index (κ1) is 13.0. The normalized spacial score (nSPS) is 9.62. The highest BCUT2D eigenvalue weighted by Gasteiger charge is 2.14. The molecule has 84 valence electrons. The van der Waals surface area contributed by atoms with Crippen LogP contribution in [0.15, 0.2) is 22.7 Å². The van der Waals surface area contributed by atoms with E-state index in [9.17, 15) is 4.79 Å². The lowest BCUT2D eigenvalue weighted by Crippen LogP contribution is -2.27. The van der Waals surface area contributed by atoms with E-state index in [1.807, 2.05) is 6.07 Å². The van der Waals surface area contributed by atoms with Gasteiger partial charge in [-0.3, -0.25) is 4.79 Å². The smallest absolute Gasteiger partial charge is 0.255 e. The summed E-state index contributed by atoms with van der Waals surface area (Å²) in [5.41, 5.74) is 0.449. The molecule has 0 spiro atoms. The molecule has 0 aliphatic carbocycles. The predicted octanol–water partition coefficient (Wildman–Crippen LogP) is 3.09. The third-order valence-electron chi connectivity index (χ3n) is 2.07. The molecule has 0 N–H and O–H groups in total. The first-order valence-electron chi connectivity index (χ1n) is 4.63. The number of amides is 1. The zero-order valence-corrected chi connectivity index (χ0v) is 11.0. The van der Waals surface area contributed by atoms with Crippen LogP contribution in [0.25, 0.3) is 0 Å². The van der Waals surface area contributed by atoms with Crippen molar-refractivity contribution >= 4 is 33.4 Å². The maximum atomic E-state index is 11.9. The van der Waals surface area contributed by atoms with E-state index >= 15 is 0 Å². The second-order valence-electron chi connectivity index (χ2n) is 3.26. The lowest BCUT2D eigenvalue weighted by atomic mass is 10.2. The largest absolute Gasteiger partial charge is 0.341 e. The summed E-state index contributed by atoms with van der Waals surface area (Å²) in [6, 6.07) is 7.09. The summed E-state index contributed by atoms with van der Waals surface area (Å²) in [4.78, 5) is 13.4. The van der Waals surface area contributed by atoms with Crippen molar-refractivity contribution < 1.29 is 4.79 Å². The van der Waals surface area contributed by atoms with Crippen molar-refractivity contribution in [3.05, 3.63) is 33.3 Å². The van der Waals surface area contributed by atoms with Gasteiger partial charge in [0.1, 0.15) is 0 Å². The van der Waals surface area contributed by atoms with E-state index < -0.39 is 0 Å². The van der Waals surface area contributed by atoms with Crippen LogP contribution in [0, 0.1) is 11.3 Å². The molecule has 0 aromatic heterocycles. The molecule has 16 heavy (non-hydrogen) atoms. The van der Waals surface area contributed by atoms with Gasteiger partial charge in [0.2, 0.25) is 0 Å². The van der Waals surface area contributed by atoms with Gasteiger partial charge in [-0.05, 0) is 18.2 Å². The van der Waals surface area contributed by atoms with Crippen molar-refractivity contribution in [2.75, 3.05) is 13.6 Å². The Hall–Kier alpha value is -1.05. The van der Waals surface area contributed by atoms with Gasteiger partial charge in [-0.15, -0.1) is 0 Å². The SMILES string of the molecule is CN(CCC#N)C(=O)c1ccc(Br)cc1Cl. The summed E-state index contributed by atoms with van der Waals surface area (Å²) < 4.78 is 0.828. The van der Waals surface area contributed by atoms with Gasteiger partial charge in [0, 0.05) is 18.1 Å². The fourth-order valence-corrected chi connectivity index (χ4v) is 1.94. The number of halogens is 2. The Labute approximate surface area is 108 Å². The molecule has 0 heterocycles. The molecule has 0 aliphatic heterocycles. The molecule has 1 amide bonds. The third-order valence-corrected chi connectivity index (χ3v) is 2.87. The Morgan fingerprint density at radius 1 is 1.62 bits per heavy atom. The average Bonchev–Trinajstić information content (AvgIpc) is 2.25. The number of carbonyl (C=O) groups is 1. The number of hydrogen-bond acceptors (Lipinski definition) is 2. The average molecular weight is 302 g/mol. The summed E-state index contributed by atoms with van der Waals surface area (Å²) in [5, 5.41) is 8.84. The molecular weight excluding hydrogens is 291 g/mol. The van der Waals surface area contributed by atoms with Crippen molar-refractivity contribution in [1.29, 1.82) is 5.26 Å². The van der Waals surface area contributed by atoms with E-state index in [1.54, 1.807) is 25.2 Å². The molecule has 0 saturated carbocycles. The lowest BCUT2D eigenvalue weighted by Gasteiger charge is -2.16. The van der Waals surface area contributed by atoms with Gasteiger partial charge in [0.15, 0.2) is 0 Å². The van der Waals surface area contributed by atoms with Crippen molar-refractivity contribution in [3.63, 3.8) is 0 Å². The number of benzene rings is 1. The van der Waals surface area contributed by atoms with E-state index in [4.69, 9.17) is 16.9 Å². The van der Waals surface area contributed by atoms with Crippen LogP contribution in [0.1, 0.15) is 16.8 Å². The fourth-order valence-electron chi connectivity index (χ4n) is 1.19. The molecule has 1 aromatic carbocycles. The van der Waals surface area contributed by atoms with Crippen LogP contribution in [0.5, 0.6) is 0 Å². The van der Waals surface area contributed by atoms with Crippen LogP contribution in [0.2, 0.25) is 5.02 Å². The van der Waals surface area contributed by atoms with Gasteiger partial charge in [-0.25, -0.2) is 0 Å². The molecule has 0 radical (unpaired) electrons. The molecule has 0 aliphatic rings. The van der Waals surface area contributed by atoms with Crippen molar-refractivity contribution in [3.8, 4) is 6.07 Å². The van der Waals surface area contributed by atoms with E-state index in [2.05, 4.69) is 15.9 Å². The van der Waals surface area contributed by atoms with E-state index in [1.165, 1.54) is 4.90 Å². The Morgan fingerprint density at radius 2 is 2.31 bits per heavy atom. The van der Waals surface area contributed by atoms with E-state index in [0.29, 0.717) is 23.6 Å². The molecular formula is C11H10BrClN2O. The quantitative estimate of drug-likeness (QED) is 0.861. The van der Waals surface area contributed by atoms with Crippen LogP contribution in [0.4, 0.5) is 0 Å². The summed E-state index contributed by atoms with van der Waals surface area (Å²) in [6.45, 7) is 0.404. The Balaban J connectivity index is 2.84. The Morgan fingerprint density at radius 3 is 2.88 bits per heavy atom. The van der Waals surface area contributed by atoms with Gasteiger partial charge in [0.25, 0.3) is 5.91 Å². The molecule has 1 rings (SSSR count). The lowest BCUT2D eigenvalue weighted by molar-refractivity contribution is 0.0798. The Bertz CT molecular complexity index is 442. The monoisotopic (exact) mass is 300 g/mol. The van der Waals surface area contributed by atoms with Gasteiger partial charge in [-0.1, -0.05) is 27.5 Å². The second kappa shape index (κ2) is 5.88. The van der Waals surface area contributed by atoms with Gasteiger partial charge in [-0.2, -0.15) is 5.26 Å². The maximum Gasteiger partial charge on any atom is 0.255 e. The molecule has 1 aromatic rings. The minimum atomic E-state index is -0.173. The number of nitriles is 1.